The summed E-state index contributed by atoms with van der Waals surface area (Å²) in [6, 6.07) is 8.41. The highest BCUT2D eigenvalue weighted by atomic mass is 16.5. The van der Waals surface area contributed by atoms with E-state index in [9.17, 15) is 9.59 Å². The standard InChI is InChI=1S/C20H25N5O3/c1-4-24-9-11-25(12-10-24)18-13-17(21-14(2)22-18)19(26)23-16-8-6-5-7-15(16)20(27)28-3/h5-8,13H,4,9-12H2,1-3H3,(H,23,26). The Hall–Kier alpha value is -3.00. The Bertz CT molecular complexity index is 863. The molecule has 28 heavy (non-hydrogen) atoms. The van der Waals surface area contributed by atoms with Gasteiger partial charge in [-0.3, -0.25) is 4.79 Å². The van der Waals surface area contributed by atoms with Gasteiger partial charge < -0.3 is 19.9 Å². The fourth-order valence-electron chi connectivity index (χ4n) is 3.19. The molecule has 2 aromatic rings. The van der Waals surface area contributed by atoms with Crippen molar-refractivity contribution in [3.8, 4) is 0 Å². The number of hydrogen-bond donors (Lipinski definition) is 1. The van der Waals surface area contributed by atoms with E-state index in [1.54, 1.807) is 37.3 Å². The second kappa shape index (κ2) is 8.79. The molecule has 8 heteroatoms. The van der Waals surface area contributed by atoms with Crippen LogP contribution in [0.15, 0.2) is 30.3 Å². The highest BCUT2D eigenvalue weighted by molar-refractivity contribution is 6.07. The van der Waals surface area contributed by atoms with Crippen molar-refractivity contribution in [2.24, 2.45) is 0 Å². The minimum absolute atomic E-state index is 0.264. The number of benzene rings is 1. The molecule has 0 bridgehead atoms. The summed E-state index contributed by atoms with van der Waals surface area (Å²) in [6.45, 7) is 8.60. The number of ether oxygens (including phenoxy) is 1. The molecule has 2 heterocycles. The van der Waals surface area contributed by atoms with E-state index < -0.39 is 11.9 Å². The molecule has 0 radical (unpaired) electrons. The summed E-state index contributed by atoms with van der Waals surface area (Å²) in [6.07, 6.45) is 0. The summed E-state index contributed by atoms with van der Waals surface area (Å²) < 4.78 is 4.77. The summed E-state index contributed by atoms with van der Waals surface area (Å²) in [7, 11) is 1.30. The zero-order valence-electron chi connectivity index (χ0n) is 16.4. The molecule has 8 nitrogen and oxygen atoms in total. The Kier molecular flexibility index (Phi) is 6.20. The van der Waals surface area contributed by atoms with E-state index in [-0.39, 0.29) is 5.69 Å². The monoisotopic (exact) mass is 383 g/mol. The van der Waals surface area contributed by atoms with Gasteiger partial charge in [0.05, 0.1) is 18.4 Å². The number of carbonyl (C=O) groups excluding carboxylic acids is 2. The van der Waals surface area contributed by atoms with E-state index in [0.29, 0.717) is 17.1 Å². The largest absolute Gasteiger partial charge is 0.465 e. The number of amides is 1. The van der Waals surface area contributed by atoms with Crippen LogP contribution in [0.1, 0.15) is 33.6 Å². The van der Waals surface area contributed by atoms with Gasteiger partial charge in [-0.25, -0.2) is 14.8 Å². The van der Waals surface area contributed by atoms with E-state index in [1.807, 2.05) is 0 Å². The van der Waals surface area contributed by atoms with Crippen LogP contribution < -0.4 is 10.2 Å². The first-order chi connectivity index (χ1) is 13.5. The molecule has 1 aromatic carbocycles. The third-order valence-electron chi connectivity index (χ3n) is 4.78. The molecule has 3 rings (SSSR count). The Balaban J connectivity index is 1.80. The van der Waals surface area contributed by atoms with Gasteiger partial charge in [-0.15, -0.1) is 0 Å². The van der Waals surface area contributed by atoms with Gasteiger partial charge in [-0.05, 0) is 25.6 Å². The first-order valence-corrected chi connectivity index (χ1v) is 9.33. The van der Waals surface area contributed by atoms with Crippen molar-refractivity contribution >= 4 is 23.4 Å². The van der Waals surface area contributed by atoms with Gasteiger partial charge in [-0.1, -0.05) is 19.1 Å². The lowest BCUT2D eigenvalue weighted by Crippen LogP contribution is -2.46. The van der Waals surface area contributed by atoms with E-state index in [0.717, 1.165) is 38.5 Å². The molecule has 1 fully saturated rings. The van der Waals surface area contributed by atoms with Crippen LogP contribution >= 0.6 is 0 Å². The number of aryl methyl sites for hydroxylation is 1. The van der Waals surface area contributed by atoms with Gasteiger partial charge >= 0.3 is 5.97 Å². The lowest BCUT2D eigenvalue weighted by Gasteiger charge is -2.34. The number of likely N-dealkylation sites (N-methyl/N-ethyl adjacent to an activating group) is 1. The van der Waals surface area contributed by atoms with E-state index in [1.165, 1.54) is 7.11 Å². The molecule has 1 amide bonds. The smallest absolute Gasteiger partial charge is 0.339 e. The van der Waals surface area contributed by atoms with Crippen molar-refractivity contribution in [2.45, 2.75) is 13.8 Å². The quantitative estimate of drug-likeness (QED) is 0.790. The lowest BCUT2D eigenvalue weighted by molar-refractivity contribution is 0.0602. The summed E-state index contributed by atoms with van der Waals surface area (Å²) in [5.74, 6) is 0.371. The number of piperazine rings is 1. The molecule has 1 saturated heterocycles. The summed E-state index contributed by atoms with van der Waals surface area (Å²) >= 11 is 0. The van der Waals surface area contributed by atoms with Gasteiger partial charge in [0.1, 0.15) is 17.3 Å². The number of anilines is 2. The Labute approximate surface area is 164 Å². The summed E-state index contributed by atoms with van der Waals surface area (Å²) in [4.78, 5) is 38.0. The number of methoxy groups -OCH3 is 1. The Morgan fingerprint density at radius 2 is 1.86 bits per heavy atom. The average Bonchev–Trinajstić information content (AvgIpc) is 2.73. The zero-order chi connectivity index (χ0) is 20.1. The van der Waals surface area contributed by atoms with Crippen LogP contribution in [-0.4, -0.2) is 66.6 Å². The molecule has 0 aliphatic carbocycles. The molecule has 1 aromatic heterocycles. The number of hydrogen-bond acceptors (Lipinski definition) is 7. The van der Waals surface area contributed by atoms with Crippen molar-refractivity contribution < 1.29 is 14.3 Å². The van der Waals surface area contributed by atoms with Crippen LogP contribution in [0.4, 0.5) is 11.5 Å². The fourth-order valence-corrected chi connectivity index (χ4v) is 3.19. The maximum atomic E-state index is 12.8. The number of carbonyl (C=O) groups is 2. The molecule has 0 atom stereocenters. The zero-order valence-corrected chi connectivity index (χ0v) is 16.4. The van der Waals surface area contributed by atoms with Crippen molar-refractivity contribution in [1.29, 1.82) is 0 Å². The second-order valence-electron chi connectivity index (χ2n) is 6.57. The van der Waals surface area contributed by atoms with Gasteiger partial charge in [0.15, 0.2) is 0 Å². The van der Waals surface area contributed by atoms with Gasteiger partial charge in [0.2, 0.25) is 0 Å². The number of para-hydroxylation sites is 1. The molecule has 1 N–H and O–H groups in total. The van der Waals surface area contributed by atoms with Crippen molar-refractivity contribution in [1.82, 2.24) is 14.9 Å². The van der Waals surface area contributed by atoms with Gasteiger partial charge in [0.25, 0.3) is 5.91 Å². The van der Waals surface area contributed by atoms with E-state index in [4.69, 9.17) is 4.74 Å². The molecule has 0 saturated carbocycles. The second-order valence-corrected chi connectivity index (χ2v) is 6.57. The van der Waals surface area contributed by atoms with E-state index in [2.05, 4.69) is 32.0 Å². The predicted molar refractivity (Wildman–Crippen MR) is 107 cm³/mol. The molecular weight excluding hydrogens is 358 g/mol. The van der Waals surface area contributed by atoms with Crippen LogP contribution in [0.3, 0.4) is 0 Å². The highest BCUT2D eigenvalue weighted by Crippen LogP contribution is 2.19. The number of nitrogens with one attached hydrogen (secondary N) is 1. The predicted octanol–water partition coefficient (Wildman–Crippen LogP) is 1.97. The molecule has 1 aliphatic rings. The molecule has 0 unspecified atom stereocenters. The summed E-state index contributed by atoms with van der Waals surface area (Å²) in [5, 5.41) is 2.76. The minimum atomic E-state index is -0.510. The third kappa shape index (κ3) is 4.45. The Morgan fingerprint density at radius 1 is 1.14 bits per heavy atom. The topological polar surface area (TPSA) is 87.7 Å². The highest BCUT2D eigenvalue weighted by Gasteiger charge is 2.20. The minimum Gasteiger partial charge on any atom is -0.465 e. The third-order valence-corrected chi connectivity index (χ3v) is 4.78. The van der Waals surface area contributed by atoms with Crippen LogP contribution in [0.25, 0.3) is 0 Å². The number of rotatable bonds is 5. The van der Waals surface area contributed by atoms with Crippen molar-refractivity contribution in [2.75, 3.05) is 50.1 Å². The van der Waals surface area contributed by atoms with Crippen molar-refractivity contribution in [3.63, 3.8) is 0 Å². The lowest BCUT2D eigenvalue weighted by atomic mass is 10.1. The normalized spacial score (nSPS) is 14.6. The van der Waals surface area contributed by atoms with Crippen LogP contribution in [0, 0.1) is 6.92 Å². The molecule has 148 valence electrons. The van der Waals surface area contributed by atoms with Crippen LogP contribution in [0.2, 0.25) is 0 Å². The average molecular weight is 383 g/mol. The molecule has 1 aliphatic heterocycles. The maximum absolute atomic E-state index is 12.8. The van der Waals surface area contributed by atoms with Crippen LogP contribution in [0.5, 0.6) is 0 Å². The maximum Gasteiger partial charge on any atom is 0.339 e. The number of nitrogens with zero attached hydrogens (tertiary/aromatic N) is 4. The van der Waals surface area contributed by atoms with Gasteiger partial charge in [-0.2, -0.15) is 0 Å². The Morgan fingerprint density at radius 3 is 2.54 bits per heavy atom. The molecular formula is C20H25N5O3. The molecule has 0 spiro atoms. The van der Waals surface area contributed by atoms with Crippen molar-refractivity contribution in [3.05, 3.63) is 47.4 Å². The number of aromatic nitrogens is 2. The van der Waals surface area contributed by atoms with Gasteiger partial charge in [0, 0.05) is 32.2 Å². The number of esters is 1. The SMILES string of the molecule is CCN1CCN(c2cc(C(=O)Nc3ccccc3C(=O)OC)nc(C)n2)CC1. The van der Waals surface area contributed by atoms with Crippen LogP contribution in [-0.2, 0) is 4.74 Å². The first kappa shape index (κ1) is 19.8. The summed E-state index contributed by atoms with van der Waals surface area (Å²) in [5.41, 5.74) is 0.939. The fraction of sp³-hybridized carbons (Fsp3) is 0.400. The van der Waals surface area contributed by atoms with E-state index >= 15 is 0 Å². The first-order valence-electron chi connectivity index (χ1n) is 9.33.